The molecule has 3 aromatic rings. The van der Waals surface area contributed by atoms with Crippen LogP contribution in [-0.4, -0.2) is 40.5 Å². The SMILES string of the molecule is CCCN(CC(=O)Nc1ccc(F)c(F)c1F)S(=O)(=O)c1cccc2nsnc12. The summed E-state index contributed by atoms with van der Waals surface area (Å²) in [6.45, 7) is 1.08. The van der Waals surface area contributed by atoms with Crippen molar-refractivity contribution in [3.05, 3.63) is 47.8 Å². The fraction of sp³-hybridized carbons (Fsp3) is 0.235. The van der Waals surface area contributed by atoms with Crippen LogP contribution in [0.5, 0.6) is 0 Å². The number of hydrogen-bond donors (Lipinski definition) is 1. The number of carbonyl (C=O) groups is 1. The maximum absolute atomic E-state index is 13.8. The molecule has 0 saturated heterocycles. The molecule has 12 heteroatoms. The van der Waals surface area contributed by atoms with Crippen LogP contribution in [0.15, 0.2) is 35.2 Å². The molecule has 0 aliphatic heterocycles. The fourth-order valence-corrected chi connectivity index (χ4v) is 4.88. The molecule has 0 atom stereocenters. The molecule has 0 aliphatic carbocycles. The van der Waals surface area contributed by atoms with E-state index in [1.807, 2.05) is 0 Å². The lowest BCUT2D eigenvalue weighted by Crippen LogP contribution is -2.38. The van der Waals surface area contributed by atoms with E-state index in [0.29, 0.717) is 18.0 Å². The second-order valence-electron chi connectivity index (χ2n) is 6.00. The van der Waals surface area contributed by atoms with Crippen molar-refractivity contribution < 1.29 is 26.4 Å². The molecule has 0 spiro atoms. The highest BCUT2D eigenvalue weighted by Gasteiger charge is 2.29. The molecule has 1 N–H and O–H groups in total. The van der Waals surface area contributed by atoms with E-state index in [9.17, 15) is 26.4 Å². The first-order valence-electron chi connectivity index (χ1n) is 8.40. The summed E-state index contributed by atoms with van der Waals surface area (Å²) in [6, 6.07) is 5.99. The van der Waals surface area contributed by atoms with E-state index in [1.165, 1.54) is 12.1 Å². The molecule has 1 aromatic heterocycles. The van der Waals surface area contributed by atoms with Gasteiger partial charge in [-0.05, 0) is 30.7 Å². The molecule has 0 bridgehead atoms. The Hall–Kier alpha value is -2.57. The predicted molar refractivity (Wildman–Crippen MR) is 101 cm³/mol. The van der Waals surface area contributed by atoms with Crippen molar-refractivity contribution in [3.8, 4) is 0 Å². The summed E-state index contributed by atoms with van der Waals surface area (Å²) in [4.78, 5) is 12.2. The molecular formula is C17H15F3N4O3S2. The van der Waals surface area contributed by atoms with Crippen molar-refractivity contribution in [2.24, 2.45) is 0 Å². The van der Waals surface area contributed by atoms with Crippen LogP contribution < -0.4 is 5.32 Å². The smallest absolute Gasteiger partial charge is 0.245 e. The van der Waals surface area contributed by atoms with Gasteiger partial charge in [0.15, 0.2) is 17.5 Å². The highest BCUT2D eigenvalue weighted by atomic mass is 32.2. The summed E-state index contributed by atoms with van der Waals surface area (Å²) in [6.07, 6.45) is 0.400. The van der Waals surface area contributed by atoms with E-state index in [-0.39, 0.29) is 17.0 Å². The van der Waals surface area contributed by atoms with Gasteiger partial charge in [0.05, 0.1) is 24.0 Å². The third kappa shape index (κ3) is 4.23. The van der Waals surface area contributed by atoms with Gasteiger partial charge in [-0.25, -0.2) is 21.6 Å². The van der Waals surface area contributed by atoms with Crippen molar-refractivity contribution >= 4 is 44.4 Å². The maximum Gasteiger partial charge on any atom is 0.245 e. The van der Waals surface area contributed by atoms with Crippen molar-refractivity contribution in [3.63, 3.8) is 0 Å². The Kier molecular flexibility index (Phi) is 6.15. The topological polar surface area (TPSA) is 92.3 Å². The Labute approximate surface area is 168 Å². The van der Waals surface area contributed by atoms with Crippen LogP contribution in [0.25, 0.3) is 11.0 Å². The van der Waals surface area contributed by atoms with Crippen molar-refractivity contribution in [1.82, 2.24) is 13.1 Å². The number of aromatic nitrogens is 2. The number of benzene rings is 2. The number of sulfonamides is 1. The van der Waals surface area contributed by atoms with Gasteiger partial charge in [0.25, 0.3) is 0 Å². The molecule has 0 saturated carbocycles. The van der Waals surface area contributed by atoms with E-state index >= 15 is 0 Å². The molecule has 1 heterocycles. The van der Waals surface area contributed by atoms with Crippen LogP contribution in [0.4, 0.5) is 18.9 Å². The first-order valence-corrected chi connectivity index (χ1v) is 10.6. The van der Waals surface area contributed by atoms with E-state index in [2.05, 4.69) is 14.1 Å². The van der Waals surface area contributed by atoms with Gasteiger partial charge in [0, 0.05) is 6.54 Å². The lowest BCUT2D eigenvalue weighted by Gasteiger charge is -2.21. The van der Waals surface area contributed by atoms with E-state index in [1.54, 1.807) is 13.0 Å². The minimum absolute atomic E-state index is 0.00394. The molecule has 3 rings (SSSR count). The lowest BCUT2D eigenvalue weighted by molar-refractivity contribution is -0.116. The average molecular weight is 444 g/mol. The molecule has 0 unspecified atom stereocenters. The van der Waals surface area contributed by atoms with E-state index in [4.69, 9.17) is 0 Å². The lowest BCUT2D eigenvalue weighted by atomic mass is 10.2. The van der Waals surface area contributed by atoms with Gasteiger partial charge in [0.1, 0.15) is 15.9 Å². The van der Waals surface area contributed by atoms with Gasteiger partial charge in [-0.2, -0.15) is 13.1 Å². The Morgan fingerprint density at radius 3 is 2.62 bits per heavy atom. The average Bonchev–Trinajstić information content (AvgIpc) is 3.17. The normalized spacial score (nSPS) is 11.9. The standard InChI is InChI=1S/C17H15F3N4O3S2/c1-2-8-24(9-14(25)21-11-7-6-10(18)15(19)16(11)20)29(26,27)13-5-3-4-12-17(13)23-28-22-12/h3-7H,2,8-9H2,1H3,(H,21,25). The highest BCUT2D eigenvalue weighted by molar-refractivity contribution is 7.89. The van der Waals surface area contributed by atoms with Crippen molar-refractivity contribution in [2.75, 3.05) is 18.4 Å². The number of nitrogens with one attached hydrogen (secondary N) is 1. The van der Waals surface area contributed by atoms with Crippen LogP contribution in [0.2, 0.25) is 0 Å². The minimum Gasteiger partial charge on any atom is -0.322 e. The first-order chi connectivity index (χ1) is 13.8. The zero-order valence-corrected chi connectivity index (χ0v) is 16.7. The van der Waals surface area contributed by atoms with Crippen molar-refractivity contribution in [2.45, 2.75) is 18.2 Å². The van der Waals surface area contributed by atoms with E-state index in [0.717, 1.165) is 22.1 Å². The Morgan fingerprint density at radius 1 is 1.14 bits per heavy atom. The Balaban J connectivity index is 1.87. The predicted octanol–water partition coefficient (Wildman–Crippen LogP) is 3.15. The molecule has 29 heavy (non-hydrogen) atoms. The summed E-state index contributed by atoms with van der Waals surface area (Å²) in [7, 11) is -4.12. The summed E-state index contributed by atoms with van der Waals surface area (Å²) in [5.74, 6) is -5.61. The van der Waals surface area contributed by atoms with E-state index < -0.39 is 45.6 Å². The zero-order valence-electron chi connectivity index (χ0n) is 15.0. The van der Waals surface area contributed by atoms with Crippen molar-refractivity contribution in [1.29, 1.82) is 0 Å². The zero-order chi connectivity index (χ0) is 21.2. The number of hydrogen-bond acceptors (Lipinski definition) is 6. The van der Waals surface area contributed by atoms with Crippen LogP contribution in [-0.2, 0) is 14.8 Å². The fourth-order valence-electron chi connectivity index (χ4n) is 2.63. The largest absolute Gasteiger partial charge is 0.322 e. The molecular weight excluding hydrogens is 429 g/mol. The van der Waals surface area contributed by atoms with Gasteiger partial charge in [0.2, 0.25) is 15.9 Å². The molecule has 154 valence electrons. The second-order valence-corrected chi connectivity index (χ2v) is 8.43. The minimum atomic E-state index is -4.12. The first kappa shape index (κ1) is 21.1. The second kappa shape index (κ2) is 8.43. The van der Waals surface area contributed by atoms with Gasteiger partial charge in [-0.1, -0.05) is 13.0 Å². The van der Waals surface area contributed by atoms with Crippen LogP contribution in [0.3, 0.4) is 0 Å². The molecule has 0 radical (unpaired) electrons. The number of anilines is 1. The van der Waals surface area contributed by atoms with Crippen LogP contribution >= 0.6 is 11.7 Å². The van der Waals surface area contributed by atoms with Gasteiger partial charge in [-0.15, -0.1) is 0 Å². The summed E-state index contributed by atoms with van der Waals surface area (Å²) < 4.78 is 75.2. The Morgan fingerprint density at radius 2 is 1.90 bits per heavy atom. The number of rotatable bonds is 7. The molecule has 2 aromatic carbocycles. The maximum atomic E-state index is 13.8. The van der Waals surface area contributed by atoms with Gasteiger partial charge in [-0.3, -0.25) is 4.79 Å². The molecule has 0 fully saturated rings. The number of halogens is 3. The van der Waals surface area contributed by atoms with Gasteiger partial charge < -0.3 is 5.32 Å². The quantitative estimate of drug-likeness (QED) is 0.565. The molecule has 1 amide bonds. The number of carbonyl (C=O) groups excluding carboxylic acids is 1. The monoisotopic (exact) mass is 444 g/mol. The summed E-state index contributed by atoms with van der Waals surface area (Å²) in [5, 5.41) is 2.07. The highest BCUT2D eigenvalue weighted by Crippen LogP contribution is 2.25. The summed E-state index contributed by atoms with van der Waals surface area (Å²) in [5.41, 5.74) is 0.0000407. The number of amides is 1. The molecule has 7 nitrogen and oxygen atoms in total. The van der Waals surface area contributed by atoms with Crippen LogP contribution in [0.1, 0.15) is 13.3 Å². The molecule has 0 aliphatic rings. The third-order valence-corrected chi connectivity index (χ3v) is 6.39. The third-order valence-electron chi connectivity index (χ3n) is 3.97. The van der Waals surface area contributed by atoms with Crippen LogP contribution in [0, 0.1) is 17.5 Å². The van der Waals surface area contributed by atoms with Gasteiger partial charge >= 0.3 is 0 Å². The number of fused-ring (bicyclic) bond motifs is 1. The Bertz CT molecular complexity index is 1170. The summed E-state index contributed by atoms with van der Waals surface area (Å²) >= 11 is 0.858. The number of nitrogens with zero attached hydrogens (tertiary/aromatic N) is 3.